The van der Waals surface area contributed by atoms with Crippen LogP contribution in [-0.4, -0.2) is 27.5 Å². The van der Waals surface area contributed by atoms with Crippen molar-refractivity contribution in [3.05, 3.63) is 149 Å². The predicted molar refractivity (Wildman–Crippen MR) is 181 cm³/mol. The van der Waals surface area contributed by atoms with E-state index < -0.39 is 5.92 Å². The van der Waals surface area contributed by atoms with Gasteiger partial charge in [0.05, 0.1) is 33.2 Å². The number of aryl methyl sites for hydroxylation is 2. The number of methoxy groups -OCH3 is 1. The lowest BCUT2D eigenvalue weighted by molar-refractivity contribution is 0.282. The lowest BCUT2D eigenvalue weighted by Crippen LogP contribution is -2.20. The van der Waals surface area contributed by atoms with E-state index in [1.54, 1.807) is 7.11 Å². The van der Waals surface area contributed by atoms with Crippen LogP contribution in [-0.2, 0) is 6.61 Å². The van der Waals surface area contributed by atoms with Crippen LogP contribution in [0.4, 0.5) is 0 Å². The molecule has 8 nitrogen and oxygen atoms in total. The van der Waals surface area contributed by atoms with Gasteiger partial charge in [-0.1, -0.05) is 90.0 Å². The lowest BCUT2D eigenvalue weighted by Gasteiger charge is -2.21. The molecule has 9 heteroatoms. The first-order valence-corrected chi connectivity index (χ1v) is 15.2. The van der Waals surface area contributed by atoms with Gasteiger partial charge in [0.2, 0.25) is 0 Å². The summed E-state index contributed by atoms with van der Waals surface area (Å²) in [4.78, 5) is 27.4. The Bertz CT molecular complexity index is 1920. The third-order valence-corrected chi connectivity index (χ3v) is 8.50. The summed E-state index contributed by atoms with van der Waals surface area (Å²) >= 11 is 2.22. The molecule has 0 saturated carbocycles. The molecule has 0 atom stereocenters. The predicted octanol–water partition coefficient (Wildman–Crippen LogP) is 7.04. The Kier molecular flexibility index (Phi) is 8.30. The number of aromatic nitrogens is 4. The van der Waals surface area contributed by atoms with E-state index in [0.717, 1.165) is 31.4 Å². The summed E-state index contributed by atoms with van der Waals surface area (Å²) in [6.45, 7) is 4.38. The largest absolute Gasteiger partial charge is 0.493 e. The second-order valence-electron chi connectivity index (χ2n) is 10.7. The first kappa shape index (κ1) is 29.3. The SMILES string of the molecule is COc1cc(C(c2c(-c3ccc(C)cc3)[nH][nH]c2=O)c2c(-c3ccc(C)cc3)[nH][nH]c2=O)cc(I)c1OCc1ccccc1. The van der Waals surface area contributed by atoms with E-state index in [9.17, 15) is 9.59 Å². The number of nitrogens with one attached hydrogen (secondary N) is 4. The van der Waals surface area contributed by atoms with Gasteiger partial charge >= 0.3 is 0 Å². The summed E-state index contributed by atoms with van der Waals surface area (Å²) in [6, 6.07) is 29.5. The zero-order chi connectivity index (χ0) is 30.8. The molecule has 6 aromatic rings. The zero-order valence-electron chi connectivity index (χ0n) is 24.5. The fourth-order valence-electron chi connectivity index (χ4n) is 5.44. The molecule has 0 bridgehead atoms. The smallest absolute Gasteiger partial charge is 0.268 e. The third-order valence-electron chi connectivity index (χ3n) is 7.70. The van der Waals surface area contributed by atoms with E-state index >= 15 is 0 Å². The van der Waals surface area contributed by atoms with Gasteiger partial charge in [-0.05, 0) is 70.8 Å². The fourth-order valence-corrected chi connectivity index (χ4v) is 6.22. The average molecular weight is 699 g/mol. The maximum atomic E-state index is 13.7. The quantitative estimate of drug-likeness (QED) is 0.121. The van der Waals surface area contributed by atoms with Crippen molar-refractivity contribution in [2.24, 2.45) is 0 Å². The van der Waals surface area contributed by atoms with E-state index in [1.165, 1.54) is 0 Å². The molecule has 4 aromatic carbocycles. The molecule has 6 rings (SSSR count). The Labute approximate surface area is 267 Å². The Morgan fingerprint density at radius 2 is 1.23 bits per heavy atom. The third kappa shape index (κ3) is 5.74. The number of hydrogen-bond acceptors (Lipinski definition) is 4. The molecule has 0 radical (unpaired) electrons. The molecule has 44 heavy (non-hydrogen) atoms. The molecular weight excluding hydrogens is 667 g/mol. The number of benzene rings is 4. The van der Waals surface area contributed by atoms with Crippen LogP contribution in [0.15, 0.2) is 101 Å². The van der Waals surface area contributed by atoms with E-state index in [4.69, 9.17) is 9.47 Å². The molecule has 2 heterocycles. The molecule has 0 amide bonds. The van der Waals surface area contributed by atoms with Crippen molar-refractivity contribution in [3.63, 3.8) is 0 Å². The summed E-state index contributed by atoms with van der Waals surface area (Å²) in [5.41, 5.74) is 6.97. The minimum atomic E-state index is -0.766. The van der Waals surface area contributed by atoms with Gasteiger partial charge < -0.3 is 9.47 Å². The van der Waals surface area contributed by atoms with Crippen molar-refractivity contribution in [3.8, 4) is 34.0 Å². The number of aromatic amines is 4. The average Bonchev–Trinajstić information content (AvgIpc) is 3.60. The van der Waals surface area contributed by atoms with E-state index in [1.807, 2.05) is 105 Å². The topological polar surface area (TPSA) is 116 Å². The van der Waals surface area contributed by atoms with Crippen LogP contribution in [0.2, 0.25) is 0 Å². The van der Waals surface area contributed by atoms with Gasteiger partial charge in [0.1, 0.15) is 6.61 Å². The van der Waals surface area contributed by atoms with Gasteiger partial charge in [0.15, 0.2) is 11.5 Å². The van der Waals surface area contributed by atoms with Crippen molar-refractivity contribution in [2.45, 2.75) is 26.4 Å². The maximum absolute atomic E-state index is 13.7. The number of ether oxygens (including phenoxy) is 2. The molecule has 4 N–H and O–H groups in total. The number of hydrogen-bond donors (Lipinski definition) is 4. The van der Waals surface area contributed by atoms with Crippen LogP contribution in [0.3, 0.4) is 0 Å². The number of rotatable bonds is 9. The second kappa shape index (κ2) is 12.5. The highest BCUT2D eigenvalue weighted by molar-refractivity contribution is 14.1. The van der Waals surface area contributed by atoms with Crippen molar-refractivity contribution in [1.29, 1.82) is 0 Å². The minimum Gasteiger partial charge on any atom is -0.493 e. The molecule has 0 aliphatic rings. The Morgan fingerprint density at radius 1 is 0.705 bits per heavy atom. The summed E-state index contributed by atoms with van der Waals surface area (Å²) < 4.78 is 12.9. The monoisotopic (exact) mass is 698 g/mol. The summed E-state index contributed by atoms with van der Waals surface area (Å²) in [5, 5.41) is 11.7. The summed E-state index contributed by atoms with van der Waals surface area (Å²) in [5.74, 6) is 0.321. The molecule has 0 fully saturated rings. The Hall–Kier alpha value is -4.77. The van der Waals surface area contributed by atoms with Gasteiger partial charge in [0, 0.05) is 5.92 Å². The normalized spacial score (nSPS) is 11.2. The van der Waals surface area contributed by atoms with Gasteiger partial charge in [-0.15, -0.1) is 0 Å². The first-order chi connectivity index (χ1) is 21.3. The molecule has 0 aliphatic carbocycles. The Morgan fingerprint density at radius 3 is 1.73 bits per heavy atom. The Balaban J connectivity index is 1.56. The molecule has 0 unspecified atom stereocenters. The first-order valence-electron chi connectivity index (χ1n) is 14.1. The van der Waals surface area contributed by atoms with Gasteiger partial charge in [0.25, 0.3) is 11.1 Å². The molecule has 0 spiro atoms. The highest BCUT2D eigenvalue weighted by Gasteiger charge is 2.32. The molecule has 2 aromatic heterocycles. The van der Waals surface area contributed by atoms with Crippen LogP contribution in [0.1, 0.15) is 39.3 Å². The van der Waals surface area contributed by atoms with E-state index in [2.05, 4.69) is 43.0 Å². The second-order valence-corrected chi connectivity index (χ2v) is 11.9. The van der Waals surface area contributed by atoms with Gasteiger partial charge in [-0.25, -0.2) is 0 Å². The van der Waals surface area contributed by atoms with Crippen LogP contribution in [0.25, 0.3) is 22.5 Å². The van der Waals surface area contributed by atoms with E-state index in [-0.39, 0.29) is 11.1 Å². The van der Waals surface area contributed by atoms with Gasteiger partial charge in [-0.2, -0.15) is 0 Å². The van der Waals surface area contributed by atoms with Crippen LogP contribution in [0, 0.1) is 17.4 Å². The van der Waals surface area contributed by atoms with Crippen molar-refractivity contribution in [1.82, 2.24) is 20.4 Å². The number of H-pyrrole nitrogens is 4. The standard InChI is InChI=1S/C35H31IN4O4/c1-20-9-13-23(14-10-20)31-29(34(41)39-37-31)28(30-32(38-40-35(30)42)24-15-11-21(2)12-16-24)25-17-26(36)33(27(18-25)43-3)44-19-22-7-5-4-6-8-22/h4-18,28H,19H2,1-3H3,(H2,37,39,41)(H2,38,40,42). The highest BCUT2D eigenvalue weighted by atomic mass is 127. The van der Waals surface area contributed by atoms with Crippen molar-refractivity contribution in [2.75, 3.05) is 7.11 Å². The van der Waals surface area contributed by atoms with Crippen molar-refractivity contribution >= 4 is 22.6 Å². The summed E-state index contributed by atoms with van der Waals surface area (Å²) in [6.07, 6.45) is 0. The minimum absolute atomic E-state index is 0.320. The summed E-state index contributed by atoms with van der Waals surface area (Å²) in [7, 11) is 1.58. The molecule has 0 saturated heterocycles. The molecule has 0 aliphatic heterocycles. The van der Waals surface area contributed by atoms with Crippen molar-refractivity contribution < 1.29 is 9.47 Å². The van der Waals surface area contributed by atoms with Crippen LogP contribution < -0.4 is 20.6 Å². The van der Waals surface area contributed by atoms with Crippen LogP contribution >= 0.6 is 22.6 Å². The van der Waals surface area contributed by atoms with E-state index in [0.29, 0.717) is 46.2 Å². The number of halogens is 1. The molecular formula is C35H31IN4O4. The lowest BCUT2D eigenvalue weighted by atomic mass is 9.83. The van der Waals surface area contributed by atoms with Crippen LogP contribution in [0.5, 0.6) is 11.5 Å². The fraction of sp³-hybridized carbons (Fsp3) is 0.143. The van der Waals surface area contributed by atoms with Gasteiger partial charge in [-0.3, -0.25) is 30.0 Å². The zero-order valence-corrected chi connectivity index (χ0v) is 26.6. The highest BCUT2D eigenvalue weighted by Crippen LogP contribution is 2.42. The maximum Gasteiger partial charge on any atom is 0.268 e. The molecule has 222 valence electrons.